The van der Waals surface area contributed by atoms with Gasteiger partial charge < -0.3 is 4.74 Å². The summed E-state index contributed by atoms with van der Waals surface area (Å²) in [7, 11) is 0. The number of nitrogens with zero attached hydrogens (tertiary/aromatic N) is 2. The van der Waals surface area contributed by atoms with Crippen LogP contribution in [0.3, 0.4) is 0 Å². The van der Waals surface area contributed by atoms with Gasteiger partial charge in [0, 0.05) is 10.0 Å². The molecule has 0 saturated carbocycles. The van der Waals surface area contributed by atoms with Crippen molar-refractivity contribution in [2.45, 2.75) is 6.61 Å². The number of rotatable bonds is 4. The predicted molar refractivity (Wildman–Crippen MR) is 121 cm³/mol. The second kappa shape index (κ2) is 7.46. The second-order valence-electron chi connectivity index (χ2n) is 6.59. The Morgan fingerprint density at radius 3 is 2.62 bits per heavy atom. The van der Waals surface area contributed by atoms with E-state index in [4.69, 9.17) is 4.74 Å². The highest BCUT2D eigenvalue weighted by molar-refractivity contribution is 9.10. The van der Waals surface area contributed by atoms with Crippen molar-refractivity contribution in [3.05, 3.63) is 103 Å². The van der Waals surface area contributed by atoms with Crippen LogP contribution < -0.4 is 14.8 Å². The van der Waals surface area contributed by atoms with Crippen molar-refractivity contribution in [3.8, 4) is 5.75 Å². The van der Waals surface area contributed by atoms with Gasteiger partial charge in [-0.1, -0.05) is 69.7 Å². The van der Waals surface area contributed by atoms with E-state index in [9.17, 15) is 4.79 Å². The largest absolute Gasteiger partial charge is 0.488 e. The summed E-state index contributed by atoms with van der Waals surface area (Å²) in [4.78, 5) is 18.3. The van der Waals surface area contributed by atoms with Crippen LogP contribution in [0.2, 0.25) is 0 Å². The molecule has 5 rings (SSSR count). The van der Waals surface area contributed by atoms with Crippen molar-refractivity contribution >= 4 is 49.3 Å². The van der Waals surface area contributed by atoms with Crippen LogP contribution in [0.25, 0.3) is 22.1 Å². The van der Waals surface area contributed by atoms with Gasteiger partial charge >= 0.3 is 0 Å². The second-order valence-corrected chi connectivity index (χ2v) is 8.51. The molecule has 0 aliphatic heterocycles. The maximum Gasteiger partial charge on any atom is 0.274 e. The number of hydrogen-bond acceptors (Lipinski definition) is 4. The van der Waals surface area contributed by atoms with Crippen molar-refractivity contribution in [3.63, 3.8) is 0 Å². The topological polar surface area (TPSA) is 43.6 Å². The summed E-state index contributed by atoms with van der Waals surface area (Å²) in [5, 5.41) is 0. The van der Waals surface area contributed by atoms with Gasteiger partial charge in [-0.3, -0.25) is 4.79 Å². The van der Waals surface area contributed by atoms with E-state index in [1.807, 2.05) is 78.9 Å². The number of halogens is 1. The van der Waals surface area contributed by atoms with Crippen molar-refractivity contribution in [2.75, 3.05) is 0 Å². The summed E-state index contributed by atoms with van der Waals surface area (Å²) in [5.41, 5.74) is 3.56. The van der Waals surface area contributed by atoms with Crippen molar-refractivity contribution < 1.29 is 4.74 Å². The number of para-hydroxylation sites is 3. The zero-order valence-corrected chi connectivity index (χ0v) is 17.6. The first-order valence-corrected chi connectivity index (χ1v) is 10.7. The fourth-order valence-electron chi connectivity index (χ4n) is 3.23. The van der Waals surface area contributed by atoms with E-state index in [-0.39, 0.29) is 5.56 Å². The summed E-state index contributed by atoms with van der Waals surface area (Å²) in [5.74, 6) is 0.741. The SMILES string of the molecule is O=c1c(=Cc2ccccc2OCc2ccc(Br)cc2)sc2nc3ccccc3n12. The van der Waals surface area contributed by atoms with Crippen LogP contribution in [-0.2, 0) is 6.61 Å². The third kappa shape index (κ3) is 3.45. The smallest absolute Gasteiger partial charge is 0.274 e. The molecule has 4 nitrogen and oxygen atoms in total. The summed E-state index contributed by atoms with van der Waals surface area (Å²) < 4.78 is 9.38. The average Bonchev–Trinajstić information content (AvgIpc) is 3.25. The van der Waals surface area contributed by atoms with Gasteiger partial charge in [0.25, 0.3) is 5.56 Å². The van der Waals surface area contributed by atoms with Crippen LogP contribution in [-0.4, -0.2) is 9.38 Å². The Bertz CT molecular complexity index is 1440. The van der Waals surface area contributed by atoms with Gasteiger partial charge in [-0.2, -0.15) is 0 Å². The zero-order valence-electron chi connectivity index (χ0n) is 15.2. The third-order valence-corrected chi connectivity index (χ3v) is 6.16. The Kier molecular flexibility index (Phi) is 4.66. The molecule has 5 aromatic rings. The summed E-state index contributed by atoms with van der Waals surface area (Å²) in [6, 6.07) is 23.5. The number of hydrogen-bond donors (Lipinski definition) is 0. The number of aromatic nitrogens is 2. The molecule has 0 N–H and O–H groups in total. The van der Waals surface area contributed by atoms with Crippen LogP contribution in [0, 0.1) is 0 Å². The van der Waals surface area contributed by atoms with Gasteiger partial charge in [0.2, 0.25) is 0 Å². The minimum Gasteiger partial charge on any atom is -0.488 e. The Morgan fingerprint density at radius 2 is 1.76 bits per heavy atom. The quantitative estimate of drug-likeness (QED) is 0.385. The Balaban J connectivity index is 1.53. The molecule has 0 fully saturated rings. The first-order valence-electron chi connectivity index (χ1n) is 9.07. The normalized spacial score (nSPS) is 12.1. The first kappa shape index (κ1) is 18.1. The molecule has 142 valence electrons. The lowest BCUT2D eigenvalue weighted by atomic mass is 10.2. The van der Waals surface area contributed by atoms with Crippen LogP contribution in [0.5, 0.6) is 5.75 Å². The number of imidazole rings is 1. The molecule has 0 spiro atoms. The zero-order chi connectivity index (χ0) is 19.8. The highest BCUT2D eigenvalue weighted by Gasteiger charge is 2.11. The van der Waals surface area contributed by atoms with E-state index < -0.39 is 0 Å². The molecule has 0 radical (unpaired) electrons. The molecule has 0 aliphatic carbocycles. The Morgan fingerprint density at radius 1 is 1.00 bits per heavy atom. The molecule has 3 aromatic carbocycles. The minimum atomic E-state index is -0.0542. The molecule has 0 unspecified atom stereocenters. The van der Waals surface area contributed by atoms with Crippen LogP contribution in [0.1, 0.15) is 11.1 Å². The molecule has 0 saturated heterocycles. The van der Waals surface area contributed by atoms with E-state index in [1.54, 1.807) is 4.40 Å². The van der Waals surface area contributed by atoms with E-state index >= 15 is 0 Å². The highest BCUT2D eigenvalue weighted by atomic mass is 79.9. The lowest BCUT2D eigenvalue weighted by molar-refractivity contribution is 0.305. The number of ether oxygens (including phenoxy) is 1. The van der Waals surface area contributed by atoms with Gasteiger partial charge in [0.05, 0.1) is 15.6 Å². The number of benzene rings is 3. The van der Waals surface area contributed by atoms with Gasteiger partial charge in [-0.15, -0.1) is 0 Å². The van der Waals surface area contributed by atoms with Crippen molar-refractivity contribution in [2.24, 2.45) is 0 Å². The van der Waals surface area contributed by atoms with Crippen LogP contribution in [0.4, 0.5) is 0 Å². The molecule has 0 bridgehead atoms. The summed E-state index contributed by atoms with van der Waals surface area (Å²) >= 11 is 4.83. The molecule has 0 atom stereocenters. The van der Waals surface area contributed by atoms with Gasteiger partial charge in [-0.05, 0) is 42.0 Å². The maximum atomic E-state index is 13.0. The Hall–Kier alpha value is -2.96. The predicted octanol–water partition coefficient (Wildman–Crippen LogP) is 4.80. The number of thiazole rings is 1. The van der Waals surface area contributed by atoms with Crippen LogP contribution in [0.15, 0.2) is 82.1 Å². The summed E-state index contributed by atoms with van der Waals surface area (Å²) in [6.07, 6.45) is 1.88. The molecule has 0 aliphatic rings. The molecule has 0 amide bonds. The fraction of sp³-hybridized carbons (Fsp3) is 0.0435. The highest BCUT2D eigenvalue weighted by Crippen LogP contribution is 2.21. The molecule has 6 heteroatoms. The monoisotopic (exact) mass is 462 g/mol. The van der Waals surface area contributed by atoms with Gasteiger partial charge in [0.15, 0.2) is 4.96 Å². The molecule has 2 heterocycles. The number of fused-ring (bicyclic) bond motifs is 3. The van der Waals surface area contributed by atoms with E-state index in [2.05, 4.69) is 20.9 Å². The third-order valence-electron chi connectivity index (χ3n) is 4.66. The van der Waals surface area contributed by atoms with Crippen molar-refractivity contribution in [1.82, 2.24) is 9.38 Å². The van der Waals surface area contributed by atoms with E-state index in [1.165, 1.54) is 11.3 Å². The molecular formula is C23H15BrN2O2S. The summed E-state index contributed by atoms with van der Waals surface area (Å²) in [6.45, 7) is 0.459. The molecular weight excluding hydrogens is 448 g/mol. The van der Waals surface area contributed by atoms with Gasteiger partial charge in [0.1, 0.15) is 12.4 Å². The lowest BCUT2D eigenvalue weighted by Crippen LogP contribution is -2.22. The van der Waals surface area contributed by atoms with Crippen molar-refractivity contribution in [1.29, 1.82) is 0 Å². The average molecular weight is 463 g/mol. The van der Waals surface area contributed by atoms with E-state index in [0.717, 1.165) is 32.4 Å². The minimum absolute atomic E-state index is 0.0542. The Labute approximate surface area is 178 Å². The standard InChI is InChI=1S/C23H15BrN2O2S/c24-17-11-9-15(10-12-17)14-28-20-8-4-1-5-16(20)13-21-22(27)26-19-7-3-2-6-18(19)25-23(26)29-21/h1-13H,14H2. The molecule has 2 aromatic heterocycles. The van der Waals surface area contributed by atoms with E-state index in [0.29, 0.717) is 16.1 Å². The molecule has 29 heavy (non-hydrogen) atoms. The first-order chi connectivity index (χ1) is 14.2. The maximum absolute atomic E-state index is 13.0. The fourth-order valence-corrected chi connectivity index (χ4v) is 4.47. The van der Waals surface area contributed by atoms with Crippen LogP contribution >= 0.6 is 27.3 Å². The van der Waals surface area contributed by atoms with Gasteiger partial charge in [-0.25, -0.2) is 9.38 Å². The lowest BCUT2D eigenvalue weighted by Gasteiger charge is -2.09.